The molecule has 2 aromatic rings. The topological polar surface area (TPSA) is 88.6 Å². The molecule has 0 spiro atoms. The maximum atomic E-state index is 12.6. The zero-order valence-corrected chi connectivity index (χ0v) is 17.3. The zero-order valence-electron chi connectivity index (χ0n) is 15.7. The van der Waals surface area contributed by atoms with Gasteiger partial charge in [0.2, 0.25) is 5.91 Å². The number of hydrogen-bond acceptors (Lipinski definition) is 6. The molecule has 150 valence electrons. The smallest absolute Gasteiger partial charge is 0.227 e. The van der Waals surface area contributed by atoms with Gasteiger partial charge < -0.3 is 15.0 Å². The van der Waals surface area contributed by atoms with Crippen LogP contribution in [-0.2, 0) is 14.6 Å². The van der Waals surface area contributed by atoms with E-state index in [0.717, 1.165) is 0 Å². The van der Waals surface area contributed by atoms with Crippen molar-refractivity contribution >= 4 is 38.9 Å². The van der Waals surface area contributed by atoms with Crippen LogP contribution in [0.5, 0.6) is 5.75 Å². The Morgan fingerprint density at radius 3 is 2.61 bits per heavy atom. The van der Waals surface area contributed by atoms with Crippen molar-refractivity contribution in [3.63, 3.8) is 0 Å². The minimum Gasteiger partial charge on any atom is -0.495 e. The Morgan fingerprint density at radius 1 is 1.29 bits per heavy atom. The van der Waals surface area contributed by atoms with Crippen LogP contribution >= 0.6 is 11.6 Å². The summed E-state index contributed by atoms with van der Waals surface area (Å²) in [6, 6.07) is 8.27. The highest BCUT2D eigenvalue weighted by Crippen LogP contribution is 2.30. The molecule has 9 heteroatoms. The van der Waals surface area contributed by atoms with Crippen LogP contribution in [0.2, 0.25) is 5.02 Å². The molecule has 3 rings (SSSR count). The predicted molar refractivity (Wildman–Crippen MR) is 109 cm³/mol. The molecule has 0 unspecified atom stereocenters. The fourth-order valence-corrected chi connectivity index (χ4v) is 4.35. The van der Waals surface area contributed by atoms with Gasteiger partial charge in [-0.1, -0.05) is 11.6 Å². The van der Waals surface area contributed by atoms with Gasteiger partial charge in [-0.05, 0) is 43.2 Å². The zero-order chi connectivity index (χ0) is 20.3. The van der Waals surface area contributed by atoms with Gasteiger partial charge >= 0.3 is 0 Å². The molecule has 1 aliphatic rings. The van der Waals surface area contributed by atoms with Crippen LogP contribution in [0.15, 0.2) is 41.4 Å². The van der Waals surface area contributed by atoms with E-state index in [1.807, 2.05) is 4.90 Å². The molecule has 0 atom stereocenters. The third kappa shape index (κ3) is 4.56. The van der Waals surface area contributed by atoms with E-state index in [9.17, 15) is 13.2 Å². The third-order valence-electron chi connectivity index (χ3n) is 4.73. The van der Waals surface area contributed by atoms with Crippen LogP contribution in [-0.4, -0.2) is 45.8 Å². The normalized spacial score (nSPS) is 15.3. The number of rotatable bonds is 5. The molecule has 2 heterocycles. The lowest BCUT2D eigenvalue weighted by Crippen LogP contribution is -2.39. The van der Waals surface area contributed by atoms with Gasteiger partial charge in [0.15, 0.2) is 9.84 Å². The molecule has 1 aliphatic heterocycles. The summed E-state index contributed by atoms with van der Waals surface area (Å²) in [4.78, 5) is 19.0. The Balaban J connectivity index is 1.64. The van der Waals surface area contributed by atoms with E-state index in [1.54, 1.807) is 36.5 Å². The monoisotopic (exact) mass is 423 g/mol. The summed E-state index contributed by atoms with van der Waals surface area (Å²) >= 11 is 6.10. The number of benzene rings is 1. The first-order valence-corrected chi connectivity index (χ1v) is 11.1. The fraction of sp³-hybridized carbons (Fsp3) is 0.368. The summed E-state index contributed by atoms with van der Waals surface area (Å²) in [7, 11) is -1.84. The number of carbonyl (C=O) groups excluding carboxylic acids is 1. The predicted octanol–water partition coefficient (Wildman–Crippen LogP) is 3.00. The average Bonchev–Trinajstić information content (AvgIpc) is 2.67. The third-order valence-corrected chi connectivity index (χ3v) is 6.15. The molecular formula is C19H22ClN3O4S. The highest BCUT2D eigenvalue weighted by molar-refractivity contribution is 7.90. The second-order valence-corrected chi connectivity index (χ2v) is 9.09. The lowest BCUT2D eigenvalue weighted by Gasteiger charge is -2.33. The number of halogens is 1. The van der Waals surface area contributed by atoms with Gasteiger partial charge in [0.1, 0.15) is 16.5 Å². The van der Waals surface area contributed by atoms with E-state index in [4.69, 9.17) is 16.3 Å². The molecule has 28 heavy (non-hydrogen) atoms. The maximum absolute atomic E-state index is 12.6. The molecule has 0 aliphatic carbocycles. The van der Waals surface area contributed by atoms with Crippen LogP contribution in [0, 0.1) is 5.92 Å². The van der Waals surface area contributed by atoms with E-state index in [0.29, 0.717) is 48.2 Å². The summed E-state index contributed by atoms with van der Waals surface area (Å²) in [6.07, 6.45) is 3.97. The molecule has 1 aromatic heterocycles. The SMILES string of the molecule is COc1ccc(NC(=O)C2CCN(c3ncccc3S(C)(=O)=O)CC2)cc1Cl. The van der Waals surface area contributed by atoms with Crippen molar-refractivity contribution in [3.05, 3.63) is 41.6 Å². The van der Waals surface area contributed by atoms with Gasteiger partial charge in [-0.3, -0.25) is 4.79 Å². The summed E-state index contributed by atoms with van der Waals surface area (Å²) in [5, 5.41) is 3.31. The number of ether oxygens (including phenoxy) is 1. The molecule has 7 nitrogen and oxygen atoms in total. The summed E-state index contributed by atoms with van der Waals surface area (Å²) in [5.74, 6) is 0.753. The number of aromatic nitrogens is 1. The number of nitrogens with zero attached hydrogens (tertiary/aromatic N) is 2. The van der Waals surface area contributed by atoms with Gasteiger partial charge in [0, 0.05) is 37.1 Å². The Bertz CT molecular complexity index is 973. The number of pyridine rings is 1. The first-order valence-electron chi connectivity index (χ1n) is 8.84. The number of hydrogen-bond donors (Lipinski definition) is 1. The number of methoxy groups -OCH3 is 1. The van der Waals surface area contributed by atoms with Crippen molar-refractivity contribution < 1.29 is 17.9 Å². The lowest BCUT2D eigenvalue weighted by atomic mass is 9.95. The van der Waals surface area contributed by atoms with Crippen LogP contribution in [0.4, 0.5) is 11.5 Å². The largest absolute Gasteiger partial charge is 0.495 e. The number of sulfone groups is 1. The summed E-state index contributed by atoms with van der Waals surface area (Å²) in [5.41, 5.74) is 0.613. The second kappa shape index (κ2) is 8.36. The maximum Gasteiger partial charge on any atom is 0.227 e. The number of amides is 1. The summed E-state index contributed by atoms with van der Waals surface area (Å²) < 4.78 is 29.1. The minimum absolute atomic E-state index is 0.0785. The second-order valence-electron chi connectivity index (χ2n) is 6.70. The van der Waals surface area contributed by atoms with E-state index in [2.05, 4.69) is 10.3 Å². The van der Waals surface area contributed by atoms with Crippen LogP contribution < -0.4 is 15.0 Å². The number of anilines is 2. The summed E-state index contributed by atoms with van der Waals surface area (Å²) in [6.45, 7) is 1.11. The quantitative estimate of drug-likeness (QED) is 0.795. The molecule has 1 fully saturated rings. The average molecular weight is 424 g/mol. The Labute approximate surface area is 169 Å². The molecule has 1 aromatic carbocycles. The Morgan fingerprint density at radius 2 is 2.00 bits per heavy atom. The van der Waals surface area contributed by atoms with Crippen molar-refractivity contribution in [2.75, 3.05) is 36.7 Å². The van der Waals surface area contributed by atoms with Crippen molar-refractivity contribution in [2.24, 2.45) is 5.92 Å². The van der Waals surface area contributed by atoms with Gasteiger partial charge in [-0.15, -0.1) is 0 Å². The highest BCUT2D eigenvalue weighted by atomic mass is 35.5. The van der Waals surface area contributed by atoms with Crippen LogP contribution in [0.3, 0.4) is 0 Å². The first-order chi connectivity index (χ1) is 13.3. The van der Waals surface area contributed by atoms with Crippen LogP contribution in [0.1, 0.15) is 12.8 Å². The van der Waals surface area contributed by atoms with E-state index in [-0.39, 0.29) is 16.7 Å². The van der Waals surface area contributed by atoms with Crippen molar-refractivity contribution in [2.45, 2.75) is 17.7 Å². The van der Waals surface area contributed by atoms with Gasteiger partial charge in [-0.25, -0.2) is 13.4 Å². The van der Waals surface area contributed by atoms with Crippen molar-refractivity contribution in [3.8, 4) is 5.75 Å². The number of piperidine rings is 1. The van der Waals surface area contributed by atoms with Gasteiger partial charge in [0.05, 0.1) is 12.1 Å². The molecule has 0 bridgehead atoms. The lowest BCUT2D eigenvalue weighted by molar-refractivity contribution is -0.120. The molecule has 0 radical (unpaired) electrons. The standard InChI is InChI=1S/C19H22ClN3O4S/c1-27-16-6-5-14(12-15(16)20)22-19(24)13-7-10-23(11-8-13)18-17(28(2,25)26)4-3-9-21-18/h3-6,9,12-13H,7-8,10-11H2,1-2H3,(H,22,24). The highest BCUT2D eigenvalue weighted by Gasteiger charge is 2.28. The van der Waals surface area contributed by atoms with Crippen LogP contribution in [0.25, 0.3) is 0 Å². The van der Waals surface area contributed by atoms with Gasteiger partial charge in [-0.2, -0.15) is 0 Å². The molecule has 1 amide bonds. The molecule has 0 saturated carbocycles. The Hall–Kier alpha value is -2.32. The van der Waals surface area contributed by atoms with Gasteiger partial charge in [0.25, 0.3) is 0 Å². The van der Waals surface area contributed by atoms with E-state index >= 15 is 0 Å². The number of carbonyl (C=O) groups is 1. The van der Waals surface area contributed by atoms with E-state index in [1.165, 1.54) is 13.4 Å². The molecular weight excluding hydrogens is 402 g/mol. The Kier molecular flexibility index (Phi) is 6.10. The fourth-order valence-electron chi connectivity index (χ4n) is 3.25. The minimum atomic E-state index is -3.37. The first kappa shape index (κ1) is 20.4. The molecule has 1 saturated heterocycles. The van der Waals surface area contributed by atoms with E-state index < -0.39 is 9.84 Å². The van der Waals surface area contributed by atoms with Crippen molar-refractivity contribution in [1.29, 1.82) is 0 Å². The van der Waals surface area contributed by atoms with Crippen molar-refractivity contribution in [1.82, 2.24) is 4.98 Å². The number of nitrogens with one attached hydrogen (secondary N) is 1. The molecule has 1 N–H and O–H groups in total.